The molecule has 20 heavy (non-hydrogen) atoms. The molecule has 0 saturated heterocycles. The second-order valence-electron chi connectivity index (χ2n) is 4.60. The van der Waals surface area contributed by atoms with E-state index in [1.807, 2.05) is 30.3 Å². The Morgan fingerprint density at radius 1 is 1.10 bits per heavy atom. The second kappa shape index (κ2) is 5.31. The Morgan fingerprint density at radius 2 is 1.95 bits per heavy atom. The van der Waals surface area contributed by atoms with Gasteiger partial charge in [-0.1, -0.05) is 34.1 Å². The summed E-state index contributed by atoms with van der Waals surface area (Å²) in [5.41, 5.74) is 8.76. The molecule has 0 bridgehead atoms. The molecule has 1 atom stereocenters. The number of halogens is 2. The van der Waals surface area contributed by atoms with Gasteiger partial charge in [0.05, 0.1) is 11.6 Å². The fraction of sp³-hybridized carbons (Fsp3) is 0.0625. The normalized spacial score (nSPS) is 12.6. The molecule has 1 unspecified atom stereocenters. The van der Waals surface area contributed by atoms with Crippen molar-refractivity contribution in [2.24, 2.45) is 5.73 Å². The summed E-state index contributed by atoms with van der Waals surface area (Å²) in [5, 5.41) is 1.06. The Hall–Kier alpha value is -1.78. The molecule has 0 aliphatic heterocycles. The van der Waals surface area contributed by atoms with Gasteiger partial charge in [-0.3, -0.25) is 4.98 Å². The van der Waals surface area contributed by atoms with Gasteiger partial charge in [0.15, 0.2) is 0 Å². The van der Waals surface area contributed by atoms with Crippen LogP contribution in [0.15, 0.2) is 59.2 Å². The first kappa shape index (κ1) is 13.2. The minimum Gasteiger partial charge on any atom is -0.320 e. The molecule has 3 rings (SSSR count). The van der Waals surface area contributed by atoms with Gasteiger partial charge in [0.2, 0.25) is 0 Å². The smallest absolute Gasteiger partial charge is 0.123 e. The molecule has 100 valence electrons. The molecule has 3 aromatic rings. The lowest BCUT2D eigenvalue weighted by Gasteiger charge is -2.15. The van der Waals surface area contributed by atoms with Crippen molar-refractivity contribution >= 4 is 26.8 Å². The summed E-state index contributed by atoms with van der Waals surface area (Å²) in [4.78, 5) is 4.32. The van der Waals surface area contributed by atoms with Gasteiger partial charge >= 0.3 is 0 Å². The number of nitrogens with zero attached hydrogens (tertiary/aromatic N) is 1. The Balaban J connectivity index is 2.07. The van der Waals surface area contributed by atoms with E-state index in [1.165, 1.54) is 12.1 Å². The predicted molar refractivity (Wildman–Crippen MR) is 81.9 cm³/mol. The molecular weight excluding hydrogens is 319 g/mol. The molecule has 2 N–H and O–H groups in total. The van der Waals surface area contributed by atoms with E-state index in [1.54, 1.807) is 12.3 Å². The molecule has 0 fully saturated rings. The average molecular weight is 331 g/mol. The van der Waals surface area contributed by atoms with Crippen molar-refractivity contribution in [3.05, 3.63) is 76.1 Å². The van der Waals surface area contributed by atoms with Crippen LogP contribution in [0.5, 0.6) is 0 Å². The molecular formula is C16H12BrFN2. The highest BCUT2D eigenvalue weighted by atomic mass is 79.9. The topological polar surface area (TPSA) is 38.9 Å². The van der Waals surface area contributed by atoms with Gasteiger partial charge in [0, 0.05) is 16.1 Å². The molecule has 0 amide bonds. The average Bonchev–Trinajstić information content (AvgIpc) is 2.48. The maximum atomic E-state index is 13.4. The van der Waals surface area contributed by atoms with Gasteiger partial charge in [-0.15, -0.1) is 0 Å². The van der Waals surface area contributed by atoms with E-state index in [9.17, 15) is 4.39 Å². The van der Waals surface area contributed by atoms with Crippen LogP contribution in [0.3, 0.4) is 0 Å². The number of aromatic nitrogens is 1. The predicted octanol–water partition coefficient (Wildman–Crippen LogP) is 4.18. The fourth-order valence-electron chi connectivity index (χ4n) is 2.21. The number of pyridine rings is 1. The lowest BCUT2D eigenvalue weighted by atomic mass is 9.98. The third kappa shape index (κ3) is 2.44. The quantitative estimate of drug-likeness (QED) is 0.765. The zero-order valence-corrected chi connectivity index (χ0v) is 12.1. The van der Waals surface area contributed by atoms with Gasteiger partial charge in [0.1, 0.15) is 5.82 Å². The van der Waals surface area contributed by atoms with Gasteiger partial charge in [-0.25, -0.2) is 4.39 Å². The summed E-state index contributed by atoms with van der Waals surface area (Å²) in [7, 11) is 0. The Bertz CT molecular complexity index is 773. The number of hydrogen-bond acceptors (Lipinski definition) is 2. The van der Waals surface area contributed by atoms with Crippen LogP contribution in [-0.4, -0.2) is 4.98 Å². The number of rotatable bonds is 2. The first-order chi connectivity index (χ1) is 9.65. The van der Waals surface area contributed by atoms with E-state index in [-0.39, 0.29) is 5.82 Å². The summed E-state index contributed by atoms with van der Waals surface area (Å²) in [5.74, 6) is -0.294. The minimum absolute atomic E-state index is 0.294. The zero-order valence-electron chi connectivity index (χ0n) is 10.6. The van der Waals surface area contributed by atoms with Gasteiger partial charge in [0.25, 0.3) is 0 Å². The first-order valence-corrected chi connectivity index (χ1v) is 6.99. The van der Waals surface area contributed by atoms with Crippen molar-refractivity contribution in [1.82, 2.24) is 4.98 Å². The van der Waals surface area contributed by atoms with E-state index in [0.717, 1.165) is 26.5 Å². The van der Waals surface area contributed by atoms with Crippen LogP contribution in [0.1, 0.15) is 17.2 Å². The van der Waals surface area contributed by atoms with Crippen LogP contribution in [0.2, 0.25) is 0 Å². The van der Waals surface area contributed by atoms with Crippen LogP contribution in [0.25, 0.3) is 10.9 Å². The van der Waals surface area contributed by atoms with Crippen molar-refractivity contribution < 1.29 is 4.39 Å². The highest BCUT2D eigenvalue weighted by Crippen LogP contribution is 2.28. The Labute approximate surface area is 124 Å². The summed E-state index contributed by atoms with van der Waals surface area (Å²) >= 11 is 3.42. The molecule has 2 nitrogen and oxygen atoms in total. The molecule has 1 aromatic heterocycles. The van der Waals surface area contributed by atoms with Crippen LogP contribution in [-0.2, 0) is 0 Å². The van der Waals surface area contributed by atoms with E-state index in [4.69, 9.17) is 5.73 Å². The van der Waals surface area contributed by atoms with E-state index < -0.39 is 6.04 Å². The fourth-order valence-corrected chi connectivity index (χ4v) is 2.70. The van der Waals surface area contributed by atoms with Gasteiger partial charge in [-0.2, -0.15) is 0 Å². The molecule has 0 aliphatic rings. The highest BCUT2D eigenvalue weighted by Gasteiger charge is 2.13. The zero-order chi connectivity index (χ0) is 14.1. The largest absolute Gasteiger partial charge is 0.320 e. The minimum atomic E-state index is -0.397. The van der Waals surface area contributed by atoms with Gasteiger partial charge < -0.3 is 5.73 Å². The number of fused-ring (bicyclic) bond motifs is 1. The van der Waals surface area contributed by atoms with Crippen LogP contribution < -0.4 is 5.73 Å². The first-order valence-electron chi connectivity index (χ1n) is 6.20. The lowest BCUT2D eigenvalue weighted by molar-refractivity contribution is 0.623. The monoisotopic (exact) mass is 330 g/mol. The number of nitrogens with two attached hydrogens (primary N) is 1. The molecule has 0 saturated carbocycles. The van der Waals surface area contributed by atoms with Crippen molar-refractivity contribution in [3.63, 3.8) is 0 Å². The molecule has 1 heterocycles. The molecule has 0 aliphatic carbocycles. The Kier molecular flexibility index (Phi) is 3.51. The molecule has 4 heteroatoms. The number of benzene rings is 2. The molecule has 0 spiro atoms. The van der Waals surface area contributed by atoms with Crippen LogP contribution >= 0.6 is 15.9 Å². The van der Waals surface area contributed by atoms with Crippen molar-refractivity contribution in [2.75, 3.05) is 0 Å². The third-order valence-corrected chi connectivity index (χ3v) is 4.00. The standard InChI is InChI=1S/C16H12BrFN2/c17-14-6-5-12(18)9-13(14)16(19)11-4-3-10-2-1-7-20-15(10)8-11/h1-9,16H,19H2. The van der Waals surface area contributed by atoms with Crippen molar-refractivity contribution in [2.45, 2.75) is 6.04 Å². The lowest BCUT2D eigenvalue weighted by Crippen LogP contribution is -2.12. The Morgan fingerprint density at radius 3 is 2.80 bits per heavy atom. The maximum Gasteiger partial charge on any atom is 0.123 e. The molecule has 0 radical (unpaired) electrons. The highest BCUT2D eigenvalue weighted by molar-refractivity contribution is 9.10. The van der Waals surface area contributed by atoms with Gasteiger partial charge in [-0.05, 0) is 41.5 Å². The maximum absolute atomic E-state index is 13.4. The third-order valence-electron chi connectivity index (χ3n) is 3.28. The van der Waals surface area contributed by atoms with Crippen molar-refractivity contribution in [1.29, 1.82) is 0 Å². The van der Waals surface area contributed by atoms with Crippen molar-refractivity contribution in [3.8, 4) is 0 Å². The van der Waals surface area contributed by atoms with Crippen LogP contribution in [0.4, 0.5) is 4.39 Å². The summed E-state index contributed by atoms with van der Waals surface area (Å²) in [6.45, 7) is 0. The van der Waals surface area contributed by atoms with E-state index >= 15 is 0 Å². The van der Waals surface area contributed by atoms with Crippen LogP contribution in [0, 0.1) is 5.82 Å². The van der Waals surface area contributed by atoms with E-state index in [0.29, 0.717) is 0 Å². The summed E-state index contributed by atoms with van der Waals surface area (Å²) in [6, 6.07) is 13.9. The summed E-state index contributed by atoms with van der Waals surface area (Å²) in [6.07, 6.45) is 1.75. The van der Waals surface area contributed by atoms with E-state index in [2.05, 4.69) is 20.9 Å². The molecule has 2 aromatic carbocycles. The number of hydrogen-bond donors (Lipinski definition) is 1. The second-order valence-corrected chi connectivity index (χ2v) is 5.45. The summed E-state index contributed by atoms with van der Waals surface area (Å²) < 4.78 is 14.2. The SMILES string of the molecule is NC(c1ccc2cccnc2c1)c1cc(F)ccc1Br.